The average Bonchev–Trinajstić information content (AvgIpc) is 2.35. The van der Waals surface area contributed by atoms with Gasteiger partial charge in [0.05, 0.1) is 18.3 Å². The number of ether oxygens (including phenoxy) is 1. The number of rotatable bonds is 3. The van der Waals surface area contributed by atoms with Crippen LogP contribution in [0, 0.1) is 0 Å². The van der Waals surface area contributed by atoms with Gasteiger partial charge in [0, 0.05) is 11.6 Å². The van der Waals surface area contributed by atoms with E-state index >= 15 is 0 Å². The number of carbonyl (C=O) groups is 1. The summed E-state index contributed by atoms with van der Waals surface area (Å²) in [5, 5.41) is 0. The molecule has 2 N–H and O–H groups in total. The Hall–Kier alpha value is -1.55. The molecule has 0 aromatic heterocycles. The quantitative estimate of drug-likeness (QED) is 0.862. The minimum atomic E-state index is -0.485. The second kappa shape index (κ2) is 5.09. The first-order valence-electron chi connectivity index (χ1n) is 7.11. The fraction of sp³-hybridized carbons (Fsp3) is 0.562. The molecule has 0 saturated carbocycles. The van der Waals surface area contributed by atoms with Gasteiger partial charge in [0.2, 0.25) is 0 Å². The maximum Gasteiger partial charge on any atom is 0.179 e. The molecule has 1 aromatic carbocycles. The minimum Gasteiger partial charge on any atom is -0.484 e. The van der Waals surface area contributed by atoms with Crippen molar-refractivity contribution in [3.8, 4) is 5.75 Å². The van der Waals surface area contributed by atoms with Crippen LogP contribution in [0.4, 0.5) is 5.69 Å². The van der Waals surface area contributed by atoms with Crippen molar-refractivity contribution in [1.82, 2.24) is 0 Å². The second-order valence-electron chi connectivity index (χ2n) is 6.42. The van der Waals surface area contributed by atoms with Crippen molar-refractivity contribution in [2.45, 2.75) is 52.3 Å². The molecule has 1 aliphatic heterocycles. The molecule has 0 spiro atoms. The average molecular weight is 276 g/mol. The van der Waals surface area contributed by atoms with Gasteiger partial charge in [0.25, 0.3) is 0 Å². The standard InChI is InChI=1S/C16H24N2O2/c1-10(2)18-9-16(4,5)20-14-7-6-12(8-13(14)18)15(19)11(3)17/h6-8,10-11H,9,17H2,1-5H3. The molecule has 1 aromatic rings. The molecule has 0 saturated heterocycles. The summed E-state index contributed by atoms with van der Waals surface area (Å²) >= 11 is 0. The van der Waals surface area contributed by atoms with E-state index in [0.29, 0.717) is 11.6 Å². The molecule has 1 aliphatic rings. The lowest BCUT2D eigenvalue weighted by molar-refractivity contribution is 0.0965. The van der Waals surface area contributed by atoms with Crippen LogP contribution in [0.1, 0.15) is 45.0 Å². The van der Waals surface area contributed by atoms with Crippen LogP contribution in [-0.2, 0) is 0 Å². The third-order valence-electron chi connectivity index (χ3n) is 3.53. The van der Waals surface area contributed by atoms with Crippen molar-refractivity contribution < 1.29 is 9.53 Å². The molecule has 0 radical (unpaired) electrons. The van der Waals surface area contributed by atoms with Crippen molar-refractivity contribution in [2.24, 2.45) is 5.73 Å². The predicted octanol–water partition coefficient (Wildman–Crippen LogP) is 2.60. The topological polar surface area (TPSA) is 55.6 Å². The lowest BCUT2D eigenvalue weighted by Crippen LogP contribution is -2.49. The molecule has 1 atom stereocenters. The Labute approximate surface area is 120 Å². The van der Waals surface area contributed by atoms with Crippen molar-refractivity contribution in [3.05, 3.63) is 23.8 Å². The van der Waals surface area contributed by atoms with Crippen molar-refractivity contribution in [1.29, 1.82) is 0 Å². The van der Waals surface area contributed by atoms with E-state index in [1.165, 1.54) is 0 Å². The van der Waals surface area contributed by atoms with Crippen molar-refractivity contribution >= 4 is 11.5 Å². The Balaban J connectivity index is 2.46. The SMILES string of the molecule is CC(N)C(=O)c1ccc2c(c1)N(C(C)C)CC(C)(C)O2. The lowest BCUT2D eigenvalue weighted by Gasteiger charge is -2.43. The molecule has 0 fully saturated rings. The zero-order chi connectivity index (χ0) is 15.1. The number of hydrogen-bond acceptors (Lipinski definition) is 4. The second-order valence-corrected chi connectivity index (χ2v) is 6.42. The highest BCUT2D eigenvalue weighted by Gasteiger charge is 2.33. The monoisotopic (exact) mass is 276 g/mol. The Kier molecular flexibility index (Phi) is 3.78. The number of anilines is 1. The first-order chi connectivity index (χ1) is 9.21. The zero-order valence-electron chi connectivity index (χ0n) is 12.9. The smallest absolute Gasteiger partial charge is 0.179 e. The molecule has 4 nitrogen and oxygen atoms in total. The Bertz CT molecular complexity index is 521. The van der Waals surface area contributed by atoms with Gasteiger partial charge in [0.1, 0.15) is 11.4 Å². The van der Waals surface area contributed by atoms with Gasteiger partial charge >= 0.3 is 0 Å². The maximum absolute atomic E-state index is 12.0. The largest absolute Gasteiger partial charge is 0.484 e. The van der Waals surface area contributed by atoms with Crippen LogP contribution in [0.3, 0.4) is 0 Å². The van der Waals surface area contributed by atoms with E-state index in [1.807, 2.05) is 12.1 Å². The molecule has 1 unspecified atom stereocenters. The highest BCUT2D eigenvalue weighted by Crippen LogP contribution is 2.38. The van der Waals surface area contributed by atoms with Crippen LogP contribution in [0.2, 0.25) is 0 Å². The summed E-state index contributed by atoms with van der Waals surface area (Å²) in [5.74, 6) is 0.789. The van der Waals surface area contributed by atoms with Crippen LogP contribution in [0.25, 0.3) is 0 Å². The lowest BCUT2D eigenvalue weighted by atomic mass is 10.00. The van der Waals surface area contributed by atoms with E-state index in [2.05, 4.69) is 32.6 Å². The van der Waals surface area contributed by atoms with Gasteiger partial charge in [-0.3, -0.25) is 4.79 Å². The summed E-state index contributed by atoms with van der Waals surface area (Å²) in [6.07, 6.45) is 0. The van der Waals surface area contributed by atoms with Crippen molar-refractivity contribution in [3.63, 3.8) is 0 Å². The first-order valence-corrected chi connectivity index (χ1v) is 7.11. The molecule has 1 heterocycles. The predicted molar refractivity (Wildman–Crippen MR) is 81.6 cm³/mol. The summed E-state index contributed by atoms with van der Waals surface area (Å²) in [6, 6.07) is 5.43. The fourth-order valence-electron chi connectivity index (χ4n) is 2.53. The van der Waals surface area contributed by atoms with Gasteiger partial charge in [-0.15, -0.1) is 0 Å². The number of carbonyl (C=O) groups excluding carboxylic acids is 1. The first kappa shape index (κ1) is 14.9. The van der Waals surface area contributed by atoms with Crippen LogP contribution < -0.4 is 15.4 Å². The number of Topliss-reactive ketones (excluding diaryl/α,β-unsaturated/α-hetero) is 1. The van der Waals surface area contributed by atoms with Gasteiger partial charge in [-0.2, -0.15) is 0 Å². The highest BCUT2D eigenvalue weighted by atomic mass is 16.5. The van der Waals surface area contributed by atoms with Crippen LogP contribution in [0.5, 0.6) is 5.75 Å². The zero-order valence-corrected chi connectivity index (χ0v) is 12.9. The maximum atomic E-state index is 12.0. The van der Waals surface area contributed by atoms with Crippen LogP contribution in [-0.4, -0.2) is 30.0 Å². The number of hydrogen-bond donors (Lipinski definition) is 1. The summed E-state index contributed by atoms with van der Waals surface area (Å²) in [4.78, 5) is 14.3. The molecule has 0 amide bonds. The molecule has 2 rings (SSSR count). The van der Waals surface area contributed by atoms with Gasteiger partial charge in [-0.25, -0.2) is 0 Å². The summed E-state index contributed by atoms with van der Waals surface area (Å²) in [5.41, 5.74) is 7.08. The van der Waals surface area contributed by atoms with Crippen LogP contribution in [0.15, 0.2) is 18.2 Å². The summed E-state index contributed by atoms with van der Waals surface area (Å²) in [7, 11) is 0. The molecule has 0 bridgehead atoms. The Morgan fingerprint density at radius 3 is 2.55 bits per heavy atom. The van der Waals surface area contributed by atoms with Crippen molar-refractivity contribution in [2.75, 3.05) is 11.4 Å². The number of nitrogens with two attached hydrogens (primary N) is 1. The van der Waals surface area contributed by atoms with E-state index in [4.69, 9.17) is 10.5 Å². The molecular weight excluding hydrogens is 252 g/mol. The number of ketones is 1. The van der Waals surface area contributed by atoms with Gasteiger partial charge in [-0.05, 0) is 52.8 Å². The van der Waals surface area contributed by atoms with E-state index in [9.17, 15) is 4.79 Å². The summed E-state index contributed by atoms with van der Waals surface area (Å²) in [6.45, 7) is 10.9. The van der Waals surface area contributed by atoms with Gasteiger partial charge in [-0.1, -0.05) is 0 Å². The number of nitrogens with zero attached hydrogens (tertiary/aromatic N) is 1. The minimum absolute atomic E-state index is 0.0404. The molecular formula is C16H24N2O2. The molecule has 110 valence electrons. The fourth-order valence-corrected chi connectivity index (χ4v) is 2.53. The Morgan fingerprint density at radius 1 is 1.35 bits per heavy atom. The third-order valence-corrected chi connectivity index (χ3v) is 3.53. The molecule has 0 aliphatic carbocycles. The van der Waals surface area contributed by atoms with Crippen LogP contribution >= 0.6 is 0 Å². The normalized spacial score (nSPS) is 18.4. The number of benzene rings is 1. The van der Waals surface area contributed by atoms with E-state index in [0.717, 1.165) is 18.0 Å². The highest BCUT2D eigenvalue weighted by molar-refractivity contribution is 6.00. The van der Waals surface area contributed by atoms with E-state index in [-0.39, 0.29) is 11.4 Å². The van der Waals surface area contributed by atoms with Gasteiger partial charge < -0.3 is 15.4 Å². The molecule has 20 heavy (non-hydrogen) atoms. The summed E-state index contributed by atoms with van der Waals surface area (Å²) < 4.78 is 6.01. The Morgan fingerprint density at radius 2 is 2.00 bits per heavy atom. The number of fused-ring (bicyclic) bond motifs is 1. The van der Waals surface area contributed by atoms with Gasteiger partial charge in [0.15, 0.2) is 5.78 Å². The van der Waals surface area contributed by atoms with E-state index < -0.39 is 6.04 Å². The third kappa shape index (κ3) is 2.80. The van der Waals surface area contributed by atoms with E-state index in [1.54, 1.807) is 13.0 Å². The molecule has 4 heteroatoms.